The third-order valence-electron chi connectivity index (χ3n) is 3.41. The van der Waals surface area contributed by atoms with Crippen molar-refractivity contribution in [2.24, 2.45) is 0 Å². The predicted molar refractivity (Wildman–Crippen MR) is 76.7 cm³/mol. The molecule has 3 nitrogen and oxygen atoms in total. The number of anilines is 1. The monoisotopic (exact) mass is 306 g/mol. The Morgan fingerprint density at radius 1 is 1.28 bits per heavy atom. The molecule has 1 aromatic heterocycles. The van der Waals surface area contributed by atoms with Gasteiger partial charge in [0.2, 0.25) is 0 Å². The fourth-order valence-electron chi connectivity index (χ4n) is 2.47. The number of nitrogens with zero attached hydrogens (tertiary/aromatic N) is 1. The van der Waals surface area contributed by atoms with Gasteiger partial charge in [0.05, 0.1) is 6.10 Å². The SMILES string of the molecule is Nc1ccc(OC2CCCC2)c2ncc(Br)cc12. The zero-order valence-corrected chi connectivity index (χ0v) is 11.6. The van der Waals surface area contributed by atoms with Gasteiger partial charge < -0.3 is 10.5 Å². The van der Waals surface area contributed by atoms with Gasteiger partial charge in [-0.25, -0.2) is 0 Å². The highest BCUT2D eigenvalue weighted by Crippen LogP contribution is 2.33. The third-order valence-corrected chi connectivity index (χ3v) is 3.84. The number of benzene rings is 1. The van der Waals surface area contributed by atoms with E-state index in [9.17, 15) is 0 Å². The average Bonchev–Trinajstić information content (AvgIpc) is 2.86. The van der Waals surface area contributed by atoms with Crippen molar-refractivity contribution in [3.63, 3.8) is 0 Å². The topological polar surface area (TPSA) is 48.1 Å². The molecule has 0 saturated heterocycles. The molecule has 1 fully saturated rings. The Balaban J connectivity index is 2.03. The Morgan fingerprint density at radius 2 is 2.06 bits per heavy atom. The van der Waals surface area contributed by atoms with Crippen LogP contribution in [0.4, 0.5) is 5.69 Å². The van der Waals surface area contributed by atoms with Gasteiger partial charge in [-0.1, -0.05) is 0 Å². The van der Waals surface area contributed by atoms with Gasteiger partial charge in [-0.2, -0.15) is 0 Å². The summed E-state index contributed by atoms with van der Waals surface area (Å²) in [5.41, 5.74) is 7.57. The van der Waals surface area contributed by atoms with E-state index in [1.807, 2.05) is 18.2 Å². The molecule has 0 amide bonds. The first-order valence-electron chi connectivity index (χ1n) is 6.24. The fourth-order valence-corrected chi connectivity index (χ4v) is 2.80. The first-order chi connectivity index (χ1) is 8.74. The van der Waals surface area contributed by atoms with E-state index < -0.39 is 0 Å². The van der Waals surface area contributed by atoms with Crippen LogP contribution in [0.2, 0.25) is 0 Å². The van der Waals surface area contributed by atoms with Crippen molar-refractivity contribution in [1.29, 1.82) is 0 Å². The van der Waals surface area contributed by atoms with Crippen LogP contribution in [-0.4, -0.2) is 11.1 Å². The van der Waals surface area contributed by atoms with Crippen LogP contribution >= 0.6 is 15.9 Å². The van der Waals surface area contributed by atoms with Crippen LogP contribution in [0.15, 0.2) is 28.9 Å². The maximum atomic E-state index is 6.05. The van der Waals surface area contributed by atoms with E-state index in [1.165, 1.54) is 12.8 Å². The van der Waals surface area contributed by atoms with Gasteiger partial charge in [0, 0.05) is 21.7 Å². The molecule has 1 aliphatic rings. The largest absolute Gasteiger partial charge is 0.488 e. The molecule has 94 valence electrons. The lowest BCUT2D eigenvalue weighted by Gasteiger charge is -2.15. The fraction of sp³-hybridized carbons (Fsp3) is 0.357. The van der Waals surface area contributed by atoms with Crippen molar-refractivity contribution in [2.45, 2.75) is 31.8 Å². The van der Waals surface area contributed by atoms with Gasteiger partial charge in [-0.05, 0) is 59.8 Å². The van der Waals surface area contributed by atoms with E-state index >= 15 is 0 Å². The second kappa shape index (κ2) is 4.76. The average molecular weight is 307 g/mol. The maximum Gasteiger partial charge on any atom is 0.146 e. The van der Waals surface area contributed by atoms with Crippen LogP contribution < -0.4 is 10.5 Å². The number of ether oxygens (including phenoxy) is 1. The van der Waals surface area contributed by atoms with Gasteiger partial charge in [0.25, 0.3) is 0 Å². The van der Waals surface area contributed by atoms with Crippen LogP contribution in [0.3, 0.4) is 0 Å². The van der Waals surface area contributed by atoms with Gasteiger partial charge in [-0.15, -0.1) is 0 Å². The third kappa shape index (κ3) is 2.17. The number of nitrogen functional groups attached to an aromatic ring is 1. The number of halogens is 1. The molecule has 2 aromatic rings. The summed E-state index contributed by atoms with van der Waals surface area (Å²) in [6.07, 6.45) is 6.92. The maximum absolute atomic E-state index is 6.05. The van der Waals surface area contributed by atoms with Gasteiger partial charge in [0.1, 0.15) is 11.3 Å². The molecule has 0 atom stereocenters. The summed E-state index contributed by atoms with van der Waals surface area (Å²) in [5.74, 6) is 0.846. The molecule has 3 rings (SSSR count). The molecule has 1 heterocycles. The molecule has 1 saturated carbocycles. The van der Waals surface area contributed by atoms with E-state index in [2.05, 4.69) is 20.9 Å². The highest BCUT2D eigenvalue weighted by molar-refractivity contribution is 9.10. The van der Waals surface area contributed by atoms with E-state index in [-0.39, 0.29) is 0 Å². The summed E-state index contributed by atoms with van der Waals surface area (Å²) in [6, 6.07) is 5.80. The highest BCUT2D eigenvalue weighted by atomic mass is 79.9. The number of nitrogens with two attached hydrogens (primary N) is 1. The Kier molecular flexibility index (Phi) is 3.12. The summed E-state index contributed by atoms with van der Waals surface area (Å²) in [7, 11) is 0. The molecule has 0 aliphatic heterocycles. The van der Waals surface area contributed by atoms with Crippen LogP contribution in [0.1, 0.15) is 25.7 Å². The van der Waals surface area contributed by atoms with Crippen LogP contribution in [0.25, 0.3) is 10.9 Å². The summed E-state index contributed by atoms with van der Waals surface area (Å²) in [4.78, 5) is 4.43. The van der Waals surface area contributed by atoms with E-state index in [4.69, 9.17) is 10.5 Å². The van der Waals surface area contributed by atoms with Gasteiger partial charge in [-0.3, -0.25) is 4.98 Å². The first kappa shape index (κ1) is 11.8. The molecule has 4 heteroatoms. The standard InChI is InChI=1S/C14H15BrN2O/c15-9-7-11-12(16)5-6-13(14(11)17-8-9)18-10-3-1-2-4-10/h5-8,10H,1-4,16H2. The van der Waals surface area contributed by atoms with Crippen LogP contribution in [0.5, 0.6) is 5.75 Å². The number of pyridine rings is 1. The molecule has 2 N–H and O–H groups in total. The minimum Gasteiger partial charge on any atom is -0.488 e. The van der Waals surface area contributed by atoms with Crippen molar-refractivity contribution in [3.05, 3.63) is 28.9 Å². The lowest BCUT2D eigenvalue weighted by atomic mass is 10.1. The second-order valence-corrected chi connectivity index (χ2v) is 5.64. The Labute approximate surface area is 114 Å². The van der Waals surface area contributed by atoms with Crippen molar-refractivity contribution in [2.75, 3.05) is 5.73 Å². The minimum atomic E-state index is 0.335. The lowest BCUT2D eigenvalue weighted by Crippen LogP contribution is -2.11. The predicted octanol–water partition coefficient (Wildman–Crippen LogP) is 3.90. The zero-order valence-electron chi connectivity index (χ0n) is 10.0. The molecule has 18 heavy (non-hydrogen) atoms. The normalized spacial score (nSPS) is 16.3. The van der Waals surface area contributed by atoms with E-state index in [1.54, 1.807) is 6.20 Å². The van der Waals surface area contributed by atoms with Crippen LogP contribution in [0, 0.1) is 0 Å². The smallest absolute Gasteiger partial charge is 0.146 e. The molecular formula is C14H15BrN2O. The summed E-state index contributed by atoms with van der Waals surface area (Å²) in [5, 5.41) is 0.944. The first-order valence-corrected chi connectivity index (χ1v) is 7.04. The van der Waals surface area contributed by atoms with Crippen molar-refractivity contribution in [1.82, 2.24) is 4.98 Å². The number of fused-ring (bicyclic) bond motifs is 1. The molecule has 0 radical (unpaired) electrons. The number of rotatable bonds is 2. The van der Waals surface area contributed by atoms with Crippen molar-refractivity contribution < 1.29 is 4.74 Å². The molecule has 1 aromatic carbocycles. The van der Waals surface area contributed by atoms with Crippen molar-refractivity contribution >= 4 is 32.5 Å². The lowest BCUT2D eigenvalue weighted by molar-refractivity contribution is 0.212. The van der Waals surface area contributed by atoms with E-state index in [0.29, 0.717) is 6.10 Å². The number of aromatic nitrogens is 1. The second-order valence-electron chi connectivity index (χ2n) is 4.73. The summed E-state index contributed by atoms with van der Waals surface area (Å²) >= 11 is 3.42. The quantitative estimate of drug-likeness (QED) is 0.856. The molecule has 0 unspecified atom stereocenters. The summed E-state index contributed by atoms with van der Waals surface area (Å²) in [6.45, 7) is 0. The van der Waals surface area contributed by atoms with Gasteiger partial charge >= 0.3 is 0 Å². The van der Waals surface area contributed by atoms with Crippen molar-refractivity contribution in [3.8, 4) is 5.75 Å². The Bertz CT molecular complexity index is 579. The molecular weight excluding hydrogens is 292 g/mol. The Hall–Kier alpha value is -1.29. The molecule has 0 bridgehead atoms. The molecule has 0 spiro atoms. The number of hydrogen-bond donors (Lipinski definition) is 1. The Morgan fingerprint density at radius 3 is 2.83 bits per heavy atom. The highest BCUT2D eigenvalue weighted by Gasteiger charge is 2.18. The zero-order chi connectivity index (χ0) is 12.5. The van der Waals surface area contributed by atoms with E-state index in [0.717, 1.165) is 39.7 Å². The molecule has 1 aliphatic carbocycles. The summed E-state index contributed by atoms with van der Waals surface area (Å²) < 4.78 is 6.98. The number of hydrogen-bond acceptors (Lipinski definition) is 3. The minimum absolute atomic E-state index is 0.335. The van der Waals surface area contributed by atoms with Crippen LogP contribution in [-0.2, 0) is 0 Å². The van der Waals surface area contributed by atoms with Gasteiger partial charge in [0.15, 0.2) is 0 Å².